The molecule has 33 heavy (non-hydrogen) atoms. The molecule has 6 heteroatoms. The molecule has 2 aromatic carbocycles. The number of H-pyrrole nitrogens is 1. The van der Waals surface area contributed by atoms with Gasteiger partial charge in [0.1, 0.15) is 0 Å². The van der Waals surface area contributed by atoms with Crippen molar-refractivity contribution >= 4 is 16.6 Å². The van der Waals surface area contributed by atoms with E-state index in [0.29, 0.717) is 11.7 Å². The minimum atomic E-state index is -0.252. The molecule has 5 rings (SSSR count). The predicted molar refractivity (Wildman–Crippen MR) is 131 cm³/mol. The van der Waals surface area contributed by atoms with E-state index in [1.165, 1.54) is 22.8 Å². The molecule has 1 aliphatic heterocycles. The lowest BCUT2D eigenvalue weighted by Crippen LogP contribution is -2.17. The monoisotopic (exact) mass is 443 g/mol. The van der Waals surface area contributed by atoms with Gasteiger partial charge in [0, 0.05) is 40.9 Å². The van der Waals surface area contributed by atoms with Crippen molar-refractivity contribution in [3.63, 3.8) is 0 Å². The Hall–Kier alpha value is -3.38. The van der Waals surface area contributed by atoms with Gasteiger partial charge in [-0.05, 0) is 74.6 Å². The summed E-state index contributed by atoms with van der Waals surface area (Å²) in [6.07, 6.45) is 2.23. The number of pyridine rings is 1. The predicted octanol–water partition coefficient (Wildman–Crippen LogP) is 5.87. The zero-order valence-electron chi connectivity index (χ0n) is 19.3. The van der Waals surface area contributed by atoms with Crippen LogP contribution in [0.25, 0.3) is 22.2 Å². The Labute approximate surface area is 193 Å². The van der Waals surface area contributed by atoms with Gasteiger partial charge in [0.2, 0.25) is 0 Å². The van der Waals surface area contributed by atoms with Crippen LogP contribution in [0.4, 0.5) is 5.69 Å². The van der Waals surface area contributed by atoms with E-state index in [9.17, 15) is 4.79 Å². The van der Waals surface area contributed by atoms with Crippen molar-refractivity contribution < 1.29 is 9.26 Å². The van der Waals surface area contributed by atoms with Gasteiger partial charge in [-0.3, -0.25) is 9.78 Å². The van der Waals surface area contributed by atoms with Crippen LogP contribution in [0.2, 0.25) is 0 Å². The lowest BCUT2D eigenvalue weighted by atomic mass is 9.89. The van der Waals surface area contributed by atoms with Crippen molar-refractivity contribution in [3.8, 4) is 11.3 Å². The van der Waals surface area contributed by atoms with E-state index >= 15 is 0 Å². The molecule has 0 amide bonds. The molecule has 4 aromatic rings. The van der Waals surface area contributed by atoms with Gasteiger partial charge in [0.25, 0.3) is 5.56 Å². The van der Waals surface area contributed by atoms with Gasteiger partial charge >= 0.3 is 0 Å². The molecule has 2 aromatic heterocycles. The van der Waals surface area contributed by atoms with Crippen LogP contribution in [0.3, 0.4) is 0 Å². The van der Waals surface area contributed by atoms with E-state index in [2.05, 4.69) is 49.4 Å². The first kappa shape index (κ1) is 21.5. The molecule has 2 atom stereocenters. The van der Waals surface area contributed by atoms with Gasteiger partial charge in [-0.25, -0.2) is 0 Å². The number of benzene rings is 2. The normalized spacial score (nSPS) is 17.2. The Morgan fingerprint density at radius 1 is 1.15 bits per heavy atom. The number of hydrogen-bond donors (Lipinski definition) is 2. The number of aryl methyl sites for hydroxylation is 2. The zero-order chi connectivity index (χ0) is 22.9. The Kier molecular flexibility index (Phi) is 5.77. The summed E-state index contributed by atoms with van der Waals surface area (Å²) in [4.78, 5) is 16.6. The van der Waals surface area contributed by atoms with Crippen LogP contribution in [0, 0.1) is 13.8 Å². The van der Waals surface area contributed by atoms with Crippen LogP contribution >= 0.6 is 0 Å². The summed E-state index contributed by atoms with van der Waals surface area (Å²) in [5.74, 6) is 0.909. The maximum atomic E-state index is 11.6. The number of nitrogens with one attached hydrogen (secondary N) is 2. The summed E-state index contributed by atoms with van der Waals surface area (Å²) < 4.78 is 11.1. The van der Waals surface area contributed by atoms with Gasteiger partial charge in [0.15, 0.2) is 5.76 Å². The number of ether oxygens (including phenoxy) is 1. The molecule has 1 aliphatic rings. The van der Waals surface area contributed by atoms with Crippen LogP contribution < -0.4 is 10.9 Å². The van der Waals surface area contributed by atoms with E-state index in [0.717, 1.165) is 53.9 Å². The zero-order valence-corrected chi connectivity index (χ0v) is 19.3. The van der Waals surface area contributed by atoms with Crippen molar-refractivity contribution in [2.75, 3.05) is 18.5 Å². The lowest BCUT2D eigenvalue weighted by molar-refractivity contribution is 0.0802. The average Bonchev–Trinajstić information content (AvgIpc) is 3.25. The van der Waals surface area contributed by atoms with Gasteiger partial charge < -0.3 is 14.6 Å². The third-order valence-electron chi connectivity index (χ3n) is 6.50. The SMILES string of the molecule is Cc1cc([C@H](C)Nc2ccccc2-c2cc(=O)[nH]o2)c2cc([C@H]3CCCOC3)c(C)nc2c1. The van der Waals surface area contributed by atoms with Gasteiger partial charge in [0.05, 0.1) is 18.2 Å². The Bertz CT molecular complexity index is 1350. The van der Waals surface area contributed by atoms with Crippen LogP contribution in [0.1, 0.15) is 54.1 Å². The fourth-order valence-corrected chi connectivity index (χ4v) is 4.87. The topological polar surface area (TPSA) is 80.2 Å². The number of aromatic amines is 1. The van der Waals surface area contributed by atoms with E-state index in [1.807, 2.05) is 24.3 Å². The molecule has 0 saturated carbocycles. The number of para-hydroxylation sites is 1. The Morgan fingerprint density at radius 2 is 2.00 bits per heavy atom. The van der Waals surface area contributed by atoms with E-state index < -0.39 is 0 Å². The molecule has 1 fully saturated rings. The highest BCUT2D eigenvalue weighted by Crippen LogP contribution is 2.35. The van der Waals surface area contributed by atoms with Crippen LogP contribution in [-0.2, 0) is 4.74 Å². The third-order valence-corrected chi connectivity index (χ3v) is 6.50. The summed E-state index contributed by atoms with van der Waals surface area (Å²) in [7, 11) is 0. The molecule has 170 valence electrons. The second-order valence-corrected chi connectivity index (χ2v) is 8.99. The molecule has 2 N–H and O–H groups in total. The molecule has 0 aliphatic carbocycles. The van der Waals surface area contributed by atoms with Crippen molar-refractivity contribution in [1.29, 1.82) is 0 Å². The van der Waals surface area contributed by atoms with E-state index in [4.69, 9.17) is 14.2 Å². The van der Waals surface area contributed by atoms with Crippen molar-refractivity contribution in [2.24, 2.45) is 0 Å². The Morgan fingerprint density at radius 3 is 2.76 bits per heavy atom. The van der Waals surface area contributed by atoms with Crippen LogP contribution in [0.5, 0.6) is 0 Å². The summed E-state index contributed by atoms with van der Waals surface area (Å²) >= 11 is 0. The smallest absolute Gasteiger partial charge is 0.280 e. The average molecular weight is 444 g/mol. The highest BCUT2D eigenvalue weighted by Gasteiger charge is 2.21. The fraction of sp³-hybridized carbons (Fsp3) is 0.333. The summed E-state index contributed by atoms with van der Waals surface area (Å²) in [5.41, 5.74) is 7.26. The first-order valence-electron chi connectivity index (χ1n) is 11.5. The van der Waals surface area contributed by atoms with Gasteiger partial charge in [-0.1, -0.05) is 18.2 Å². The molecule has 0 radical (unpaired) electrons. The van der Waals surface area contributed by atoms with E-state index in [1.54, 1.807) is 0 Å². The number of nitrogens with zero attached hydrogens (tertiary/aromatic N) is 1. The highest BCUT2D eigenvalue weighted by atomic mass is 16.5. The minimum Gasteiger partial charge on any atom is -0.381 e. The van der Waals surface area contributed by atoms with Crippen LogP contribution in [0.15, 0.2) is 57.8 Å². The second-order valence-electron chi connectivity index (χ2n) is 8.99. The summed E-state index contributed by atoms with van der Waals surface area (Å²) in [6.45, 7) is 7.98. The quantitative estimate of drug-likeness (QED) is 0.403. The largest absolute Gasteiger partial charge is 0.381 e. The number of rotatable bonds is 5. The molecule has 0 bridgehead atoms. The Balaban J connectivity index is 1.55. The maximum Gasteiger partial charge on any atom is 0.280 e. The molecule has 0 unspecified atom stereocenters. The molecule has 1 saturated heterocycles. The number of hydrogen-bond acceptors (Lipinski definition) is 5. The first-order valence-corrected chi connectivity index (χ1v) is 11.5. The summed E-state index contributed by atoms with van der Waals surface area (Å²) in [5, 5.41) is 7.18. The molecule has 0 spiro atoms. The first-order chi connectivity index (χ1) is 16.0. The lowest BCUT2D eigenvalue weighted by Gasteiger charge is -2.25. The highest BCUT2D eigenvalue weighted by molar-refractivity contribution is 5.85. The second kappa shape index (κ2) is 8.87. The minimum absolute atomic E-state index is 0.0131. The van der Waals surface area contributed by atoms with Crippen molar-refractivity contribution in [2.45, 2.75) is 45.6 Å². The maximum absolute atomic E-state index is 11.6. The van der Waals surface area contributed by atoms with Crippen molar-refractivity contribution in [1.82, 2.24) is 10.1 Å². The number of anilines is 1. The van der Waals surface area contributed by atoms with E-state index in [-0.39, 0.29) is 11.6 Å². The molecule has 3 heterocycles. The molecule has 6 nitrogen and oxygen atoms in total. The van der Waals surface area contributed by atoms with Gasteiger partial charge in [-0.15, -0.1) is 0 Å². The van der Waals surface area contributed by atoms with Crippen molar-refractivity contribution in [3.05, 3.63) is 81.3 Å². The number of aromatic nitrogens is 2. The van der Waals surface area contributed by atoms with Crippen LogP contribution in [-0.4, -0.2) is 23.4 Å². The fourth-order valence-electron chi connectivity index (χ4n) is 4.87. The van der Waals surface area contributed by atoms with Gasteiger partial charge in [-0.2, -0.15) is 5.16 Å². The summed E-state index contributed by atoms with van der Waals surface area (Å²) in [6, 6.07) is 16.1. The molecular formula is C27H29N3O3. The molecular weight excluding hydrogens is 414 g/mol. The third kappa shape index (κ3) is 4.31. The number of fused-ring (bicyclic) bond motifs is 1. The standard InChI is InChI=1S/C27H29N3O3/c1-16-11-22(18(3)28-24-9-5-4-8-20(24)26-14-27(31)30-33-26)23-13-21(17(2)29-25(23)12-16)19-7-6-10-32-15-19/h4-5,8-9,11-14,18-19,28H,6-7,10,15H2,1-3H3,(H,30,31)/t18-,19-/m0/s1.